The number of hydrogen-bond donors (Lipinski definition) is 0. The summed E-state index contributed by atoms with van der Waals surface area (Å²) in [7, 11) is 0. The first-order valence-electron chi connectivity index (χ1n) is 10.3. The van der Waals surface area contributed by atoms with Gasteiger partial charge in [-0.3, -0.25) is 14.7 Å². The molecular weight excluding hydrogens is 422 g/mol. The molecule has 0 fully saturated rings. The van der Waals surface area contributed by atoms with Crippen LogP contribution >= 0.6 is 23.1 Å². The van der Waals surface area contributed by atoms with E-state index in [0.717, 1.165) is 38.6 Å². The summed E-state index contributed by atoms with van der Waals surface area (Å²) in [4.78, 5) is 25.2. The molecule has 0 saturated heterocycles. The fraction of sp³-hybridized carbons (Fsp3) is 0.240. The van der Waals surface area contributed by atoms with Gasteiger partial charge in [-0.2, -0.15) is 0 Å². The highest BCUT2D eigenvalue weighted by Crippen LogP contribution is 2.32. The predicted molar refractivity (Wildman–Crippen MR) is 131 cm³/mol. The lowest BCUT2D eigenvalue weighted by Gasteiger charge is -2.20. The fourth-order valence-electron chi connectivity index (χ4n) is 3.31. The zero-order valence-corrected chi connectivity index (χ0v) is 19.4. The zero-order valence-electron chi connectivity index (χ0n) is 17.7. The molecule has 4 nitrogen and oxygen atoms in total. The molecule has 0 aliphatic carbocycles. The summed E-state index contributed by atoms with van der Waals surface area (Å²) < 4.78 is 1.11. The lowest BCUT2D eigenvalue weighted by atomic mass is 10.2. The van der Waals surface area contributed by atoms with E-state index in [1.165, 1.54) is 10.5 Å². The largest absolute Gasteiger partial charge is 0.284 e. The van der Waals surface area contributed by atoms with Crippen molar-refractivity contribution in [2.24, 2.45) is 0 Å². The molecule has 158 valence electrons. The Morgan fingerprint density at radius 2 is 1.81 bits per heavy atom. The van der Waals surface area contributed by atoms with Crippen LogP contribution in [0.4, 0.5) is 5.13 Å². The van der Waals surface area contributed by atoms with Crippen molar-refractivity contribution in [1.82, 2.24) is 9.97 Å². The lowest BCUT2D eigenvalue weighted by Crippen LogP contribution is -2.30. The third-order valence-electron chi connectivity index (χ3n) is 5.06. The SMILES string of the molecule is Cc1ccc(SCCCC(=O)N(Cc2ccncc2)c2nc3c(C)cccc3s2)cc1. The van der Waals surface area contributed by atoms with Crippen molar-refractivity contribution >= 4 is 44.4 Å². The molecule has 0 radical (unpaired) electrons. The number of anilines is 1. The highest BCUT2D eigenvalue weighted by Gasteiger charge is 2.20. The number of carbonyl (C=O) groups excluding carboxylic acids is 1. The average molecular weight is 448 g/mol. The second-order valence-corrected chi connectivity index (χ2v) is 9.70. The van der Waals surface area contributed by atoms with Crippen molar-refractivity contribution < 1.29 is 4.79 Å². The molecule has 2 aromatic carbocycles. The predicted octanol–water partition coefficient (Wildman–Crippen LogP) is 6.41. The van der Waals surface area contributed by atoms with E-state index in [9.17, 15) is 4.79 Å². The normalized spacial score (nSPS) is 11.0. The van der Waals surface area contributed by atoms with E-state index in [1.807, 2.05) is 23.1 Å². The van der Waals surface area contributed by atoms with Gasteiger partial charge in [0.15, 0.2) is 5.13 Å². The standard InChI is InChI=1S/C25H25N3OS2/c1-18-8-10-21(11-9-18)30-16-4-7-23(29)28(17-20-12-14-26-15-13-20)25-27-24-19(2)5-3-6-22(24)31-25/h3,5-6,8-15H,4,7,16-17H2,1-2H3. The van der Waals surface area contributed by atoms with Gasteiger partial charge in [0.2, 0.25) is 5.91 Å². The molecule has 0 aliphatic heterocycles. The maximum atomic E-state index is 13.2. The van der Waals surface area contributed by atoms with Gasteiger partial charge in [-0.25, -0.2) is 4.98 Å². The Bertz CT molecular complexity index is 1160. The molecule has 4 aromatic rings. The van der Waals surface area contributed by atoms with E-state index in [4.69, 9.17) is 4.98 Å². The van der Waals surface area contributed by atoms with Gasteiger partial charge in [-0.05, 0) is 67.5 Å². The van der Waals surface area contributed by atoms with Crippen LogP contribution in [0.5, 0.6) is 0 Å². The minimum atomic E-state index is 0.109. The van der Waals surface area contributed by atoms with E-state index < -0.39 is 0 Å². The van der Waals surface area contributed by atoms with Gasteiger partial charge in [-0.15, -0.1) is 11.8 Å². The van der Waals surface area contributed by atoms with E-state index in [2.05, 4.69) is 55.2 Å². The number of thioether (sulfide) groups is 1. The Labute approximate surface area is 191 Å². The van der Waals surface area contributed by atoms with Crippen LogP contribution in [0.15, 0.2) is 71.9 Å². The molecule has 31 heavy (non-hydrogen) atoms. The zero-order chi connectivity index (χ0) is 21.6. The number of nitrogens with zero attached hydrogens (tertiary/aromatic N) is 3. The van der Waals surface area contributed by atoms with Crippen LogP contribution in [0, 0.1) is 13.8 Å². The molecular formula is C25H25N3OS2. The molecule has 2 heterocycles. The van der Waals surface area contributed by atoms with Gasteiger partial charge in [0.1, 0.15) is 0 Å². The van der Waals surface area contributed by atoms with Crippen LogP contribution in [0.1, 0.15) is 29.5 Å². The summed E-state index contributed by atoms with van der Waals surface area (Å²) in [6.45, 7) is 4.66. The second-order valence-electron chi connectivity index (χ2n) is 7.52. The molecule has 4 rings (SSSR count). The molecule has 0 bridgehead atoms. The van der Waals surface area contributed by atoms with Gasteiger partial charge in [0.05, 0.1) is 16.8 Å². The molecule has 1 amide bonds. The summed E-state index contributed by atoms with van der Waals surface area (Å²) in [5.41, 5.74) is 4.42. The van der Waals surface area contributed by atoms with Gasteiger partial charge in [0.25, 0.3) is 0 Å². The Morgan fingerprint density at radius 3 is 2.55 bits per heavy atom. The Morgan fingerprint density at radius 1 is 1.03 bits per heavy atom. The van der Waals surface area contributed by atoms with Crippen LogP contribution in [0.3, 0.4) is 0 Å². The highest BCUT2D eigenvalue weighted by molar-refractivity contribution is 7.99. The van der Waals surface area contributed by atoms with Crippen molar-refractivity contribution in [2.75, 3.05) is 10.7 Å². The Kier molecular flexibility index (Phi) is 6.99. The van der Waals surface area contributed by atoms with E-state index >= 15 is 0 Å². The van der Waals surface area contributed by atoms with E-state index in [0.29, 0.717) is 13.0 Å². The summed E-state index contributed by atoms with van der Waals surface area (Å²) in [5.74, 6) is 1.02. The molecule has 0 aliphatic rings. The van der Waals surface area contributed by atoms with Crippen molar-refractivity contribution in [2.45, 2.75) is 38.1 Å². The van der Waals surface area contributed by atoms with Gasteiger partial charge in [-0.1, -0.05) is 41.2 Å². The smallest absolute Gasteiger partial charge is 0.229 e. The Balaban J connectivity index is 1.47. The molecule has 2 aromatic heterocycles. The lowest BCUT2D eigenvalue weighted by molar-refractivity contribution is -0.118. The number of thiazole rings is 1. The molecule has 0 saturated carbocycles. The maximum Gasteiger partial charge on any atom is 0.229 e. The third-order valence-corrected chi connectivity index (χ3v) is 7.20. The van der Waals surface area contributed by atoms with Crippen LogP contribution in [0.2, 0.25) is 0 Å². The number of rotatable bonds is 8. The number of pyridine rings is 1. The van der Waals surface area contributed by atoms with Crippen molar-refractivity contribution in [3.05, 3.63) is 83.7 Å². The number of hydrogen-bond acceptors (Lipinski definition) is 5. The summed E-state index contributed by atoms with van der Waals surface area (Å²) in [6.07, 6.45) is 4.85. The van der Waals surface area contributed by atoms with Gasteiger partial charge < -0.3 is 0 Å². The number of para-hydroxylation sites is 1. The minimum Gasteiger partial charge on any atom is -0.284 e. The summed E-state index contributed by atoms with van der Waals surface area (Å²) in [6, 6.07) is 18.6. The van der Waals surface area contributed by atoms with E-state index in [1.54, 1.807) is 35.5 Å². The Hall–Kier alpha value is -2.70. The molecule has 0 atom stereocenters. The first-order chi connectivity index (χ1) is 15.1. The van der Waals surface area contributed by atoms with Crippen LogP contribution < -0.4 is 4.90 Å². The first-order valence-corrected chi connectivity index (χ1v) is 12.2. The van der Waals surface area contributed by atoms with Gasteiger partial charge in [0, 0.05) is 23.7 Å². The number of fused-ring (bicyclic) bond motifs is 1. The molecule has 0 unspecified atom stereocenters. The third kappa shape index (κ3) is 5.51. The summed E-state index contributed by atoms with van der Waals surface area (Å²) in [5, 5.41) is 0.761. The second kappa shape index (κ2) is 10.1. The number of benzene rings is 2. The number of amides is 1. The van der Waals surface area contributed by atoms with Crippen LogP contribution in [-0.2, 0) is 11.3 Å². The monoisotopic (exact) mass is 447 g/mol. The maximum absolute atomic E-state index is 13.2. The summed E-state index contributed by atoms with van der Waals surface area (Å²) >= 11 is 3.37. The number of aromatic nitrogens is 2. The molecule has 0 N–H and O–H groups in total. The van der Waals surface area contributed by atoms with Crippen molar-refractivity contribution in [1.29, 1.82) is 0 Å². The highest BCUT2D eigenvalue weighted by atomic mass is 32.2. The first kappa shape index (κ1) is 21.5. The van der Waals surface area contributed by atoms with Gasteiger partial charge >= 0.3 is 0 Å². The number of carbonyl (C=O) groups is 1. The molecule has 6 heteroatoms. The van der Waals surface area contributed by atoms with Crippen molar-refractivity contribution in [3.8, 4) is 0 Å². The van der Waals surface area contributed by atoms with Crippen LogP contribution in [0.25, 0.3) is 10.2 Å². The average Bonchev–Trinajstić information content (AvgIpc) is 3.22. The van der Waals surface area contributed by atoms with E-state index in [-0.39, 0.29) is 5.91 Å². The van der Waals surface area contributed by atoms with Crippen molar-refractivity contribution in [3.63, 3.8) is 0 Å². The number of aryl methyl sites for hydroxylation is 2. The minimum absolute atomic E-state index is 0.109. The fourth-order valence-corrected chi connectivity index (χ4v) is 5.22. The van der Waals surface area contributed by atoms with Crippen LogP contribution in [-0.4, -0.2) is 21.6 Å². The quantitative estimate of drug-likeness (QED) is 0.231. The molecule has 0 spiro atoms. The topological polar surface area (TPSA) is 46.1 Å².